The van der Waals surface area contributed by atoms with Gasteiger partial charge < -0.3 is 11.5 Å². The molecule has 0 saturated heterocycles. The molecule has 1 amide bonds. The van der Waals surface area contributed by atoms with Crippen molar-refractivity contribution in [3.63, 3.8) is 0 Å². The lowest BCUT2D eigenvalue weighted by Gasteiger charge is -2.16. The van der Waals surface area contributed by atoms with Crippen LogP contribution in [0.2, 0.25) is 0 Å². The smallest absolute Gasteiger partial charge is 0.236 e. The van der Waals surface area contributed by atoms with Gasteiger partial charge in [0.15, 0.2) is 0 Å². The van der Waals surface area contributed by atoms with Gasteiger partial charge >= 0.3 is 0 Å². The molecule has 1 rings (SSSR count). The number of carbonyl (C=O) groups excluding carboxylic acids is 1. The van der Waals surface area contributed by atoms with Crippen LogP contribution in [0.4, 0.5) is 0 Å². The van der Waals surface area contributed by atoms with Crippen molar-refractivity contribution in [1.82, 2.24) is 9.78 Å². The quantitative estimate of drug-likeness (QED) is 0.761. The normalized spacial score (nSPS) is 15.3. The van der Waals surface area contributed by atoms with Gasteiger partial charge in [-0.2, -0.15) is 5.10 Å². The molecule has 0 spiro atoms. The van der Waals surface area contributed by atoms with Gasteiger partial charge in [0.2, 0.25) is 5.91 Å². The Morgan fingerprint density at radius 3 is 2.77 bits per heavy atom. The van der Waals surface area contributed by atoms with Crippen molar-refractivity contribution < 1.29 is 4.79 Å². The Balaban J connectivity index is 2.78. The Labute approximate surface area is 89.6 Å². The predicted octanol–water partition coefficient (Wildman–Crippen LogP) is -0.139. The van der Waals surface area contributed by atoms with E-state index in [1.54, 1.807) is 17.8 Å². The molecule has 5 nitrogen and oxygen atoms in total. The summed E-state index contributed by atoms with van der Waals surface area (Å²) < 4.78 is 2.64. The highest BCUT2D eigenvalue weighted by Gasteiger charge is 2.19. The van der Waals surface area contributed by atoms with E-state index in [1.807, 2.05) is 6.20 Å². The molecule has 13 heavy (non-hydrogen) atoms. The van der Waals surface area contributed by atoms with Crippen molar-refractivity contribution in [2.75, 3.05) is 0 Å². The minimum atomic E-state index is -0.698. The number of hydrogen-bond acceptors (Lipinski definition) is 3. The van der Waals surface area contributed by atoms with E-state index in [9.17, 15) is 4.79 Å². The highest BCUT2D eigenvalue weighted by atomic mass is 127. The summed E-state index contributed by atoms with van der Waals surface area (Å²) in [5, 5.41) is 4.04. The molecule has 0 aromatic carbocycles. The molecule has 0 fully saturated rings. The van der Waals surface area contributed by atoms with Crippen molar-refractivity contribution in [1.29, 1.82) is 0 Å². The molecule has 0 saturated carbocycles. The maximum atomic E-state index is 10.8. The van der Waals surface area contributed by atoms with Crippen LogP contribution in [-0.2, 0) is 4.79 Å². The van der Waals surface area contributed by atoms with Crippen LogP contribution in [0, 0.1) is 3.57 Å². The molecular weight excluding hydrogens is 283 g/mol. The minimum absolute atomic E-state index is 0.207. The molecule has 0 aliphatic heterocycles. The average molecular weight is 294 g/mol. The van der Waals surface area contributed by atoms with Crippen LogP contribution in [0.1, 0.15) is 13.0 Å². The Hall–Kier alpha value is -0.630. The molecule has 1 aromatic rings. The van der Waals surface area contributed by atoms with Crippen molar-refractivity contribution in [2.24, 2.45) is 11.5 Å². The first kappa shape index (κ1) is 10.5. The van der Waals surface area contributed by atoms with E-state index in [2.05, 4.69) is 27.7 Å². The van der Waals surface area contributed by atoms with Crippen LogP contribution in [0.5, 0.6) is 0 Å². The van der Waals surface area contributed by atoms with Crippen molar-refractivity contribution >= 4 is 28.5 Å². The molecular formula is C7H11IN4O. The van der Waals surface area contributed by atoms with Crippen molar-refractivity contribution in [3.8, 4) is 0 Å². The molecule has 2 atom stereocenters. The van der Waals surface area contributed by atoms with E-state index in [1.165, 1.54) is 0 Å². The number of nitrogens with zero attached hydrogens (tertiary/aromatic N) is 2. The highest BCUT2D eigenvalue weighted by Crippen LogP contribution is 2.10. The lowest BCUT2D eigenvalue weighted by Crippen LogP contribution is -2.42. The summed E-state index contributed by atoms with van der Waals surface area (Å²) in [6, 6.07) is -0.906. The summed E-state index contributed by atoms with van der Waals surface area (Å²) >= 11 is 2.13. The third-order valence-corrected chi connectivity index (χ3v) is 2.39. The molecule has 0 radical (unpaired) electrons. The number of hydrogen-bond donors (Lipinski definition) is 2. The third kappa shape index (κ3) is 2.41. The minimum Gasteiger partial charge on any atom is -0.368 e. The van der Waals surface area contributed by atoms with Gasteiger partial charge in [-0.25, -0.2) is 0 Å². The maximum Gasteiger partial charge on any atom is 0.236 e. The molecule has 6 heteroatoms. The zero-order chi connectivity index (χ0) is 10.0. The Morgan fingerprint density at radius 2 is 2.38 bits per heavy atom. The van der Waals surface area contributed by atoms with Gasteiger partial charge in [-0.05, 0) is 29.5 Å². The second-order valence-corrected chi connectivity index (χ2v) is 4.05. The van der Waals surface area contributed by atoms with Crippen LogP contribution < -0.4 is 11.5 Å². The van der Waals surface area contributed by atoms with E-state index in [4.69, 9.17) is 11.5 Å². The molecule has 72 valence electrons. The summed E-state index contributed by atoms with van der Waals surface area (Å²) in [7, 11) is 0. The summed E-state index contributed by atoms with van der Waals surface area (Å²) in [6.07, 6.45) is 3.51. The molecule has 4 N–H and O–H groups in total. The largest absolute Gasteiger partial charge is 0.368 e. The predicted molar refractivity (Wildman–Crippen MR) is 56.8 cm³/mol. The van der Waals surface area contributed by atoms with E-state index in [-0.39, 0.29) is 6.04 Å². The fraction of sp³-hybridized carbons (Fsp3) is 0.429. The third-order valence-electron chi connectivity index (χ3n) is 1.84. The van der Waals surface area contributed by atoms with Gasteiger partial charge in [0.25, 0.3) is 0 Å². The molecule has 1 heterocycles. The molecule has 0 aliphatic carbocycles. The first-order chi connectivity index (χ1) is 6.02. The molecule has 0 bridgehead atoms. The fourth-order valence-corrected chi connectivity index (χ4v) is 1.35. The Kier molecular flexibility index (Phi) is 3.26. The van der Waals surface area contributed by atoms with Gasteiger partial charge in [0, 0.05) is 6.20 Å². The van der Waals surface area contributed by atoms with Gasteiger partial charge in [0.05, 0.1) is 15.8 Å². The maximum absolute atomic E-state index is 10.8. The van der Waals surface area contributed by atoms with Gasteiger partial charge in [-0.3, -0.25) is 9.48 Å². The van der Waals surface area contributed by atoms with Gasteiger partial charge in [-0.15, -0.1) is 0 Å². The zero-order valence-electron chi connectivity index (χ0n) is 7.14. The SMILES string of the molecule is CC(C(N)C(N)=O)n1cc(I)cn1. The number of rotatable bonds is 3. The number of nitrogens with two attached hydrogens (primary N) is 2. The average Bonchev–Trinajstić information content (AvgIpc) is 2.49. The summed E-state index contributed by atoms with van der Waals surface area (Å²) in [5.41, 5.74) is 10.6. The van der Waals surface area contributed by atoms with Crippen LogP contribution in [0.15, 0.2) is 12.4 Å². The first-order valence-electron chi connectivity index (χ1n) is 3.77. The van der Waals surface area contributed by atoms with E-state index in [0.29, 0.717) is 0 Å². The van der Waals surface area contributed by atoms with Gasteiger partial charge in [0.1, 0.15) is 6.04 Å². The highest BCUT2D eigenvalue weighted by molar-refractivity contribution is 14.1. The Morgan fingerprint density at radius 1 is 1.77 bits per heavy atom. The second-order valence-electron chi connectivity index (χ2n) is 2.81. The number of aromatic nitrogens is 2. The van der Waals surface area contributed by atoms with E-state index in [0.717, 1.165) is 3.57 Å². The molecule has 0 aliphatic rings. The van der Waals surface area contributed by atoms with Crippen LogP contribution >= 0.6 is 22.6 Å². The molecule has 1 aromatic heterocycles. The van der Waals surface area contributed by atoms with Crippen LogP contribution in [0.3, 0.4) is 0 Å². The lowest BCUT2D eigenvalue weighted by molar-refractivity contribution is -0.120. The summed E-state index contributed by atoms with van der Waals surface area (Å²) in [6.45, 7) is 1.80. The zero-order valence-corrected chi connectivity index (χ0v) is 9.30. The number of carbonyl (C=O) groups is 1. The summed E-state index contributed by atoms with van der Waals surface area (Å²) in [5.74, 6) is -0.516. The molecule has 2 unspecified atom stereocenters. The van der Waals surface area contributed by atoms with Crippen LogP contribution in [-0.4, -0.2) is 21.7 Å². The monoisotopic (exact) mass is 294 g/mol. The number of halogens is 1. The number of amides is 1. The van der Waals surface area contributed by atoms with E-state index < -0.39 is 11.9 Å². The standard InChI is InChI=1S/C7H11IN4O/c1-4(6(9)7(10)13)12-3-5(8)2-11-12/h2-4,6H,9H2,1H3,(H2,10,13). The Bertz CT molecular complexity index is 311. The van der Waals surface area contributed by atoms with Gasteiger partial charge in [-0.1, -0.05) is 0 Å². The van der Waals surface area contributed by atoms with Crippen LogP contribution in [0.25, 0.3) is 0 Å². The van der Waals surface area contributed by atoms with Crippen molar-refractivity contribution in [2.45, 2.75) is 19.0 Å². The fourth-order valence-electron chi connectivity index (χ4n) is 0.940. The van der Waals surface area contributed by atoms with E-state index >= 15 is 0 Å². The lowest BCUT2D eigenvalue weighted by atomic mass is 10.1. The topological polar surface area (TPSA) is 86.9 Å². The first-order valence-corrected chi connectivity index (χ1v) is 4.85. The summed E-state index contributed by atoms with van der Waals surface area (Å²) in [4.78, 5) is 10.8. The van der Waals surface area contributed by atoms with Crippen molar-refractivity contribution in [3.05, 3.63) is 16.0 Å². The second kappa shape index (κ2) is 4.05. The number of primary amides is 1.